The number of hydrogen-bond donors (Lipinski definition) is 2. The van der Waals surface area contributed by atoms with Crippen LogP contribution in [-0.4, -0.2) is 23.5 Å². The van der Waals surface area contributed by atoms with E-state index < -0.39 is 0 Å². The molecule has 0 saturated heterocycles. The Morgan fingerprint density at radius 3 is 3.00 bits per heavy atom. The summed E-state index contributed by atoms with van der Waals surface area (Å²) in [5, 5.41) is 3.89. The lowest BCUT2D eigenvalue weighted by atomic mass is 10.2. The fourth-order valence-electron chi connectivity index (χ4n) is 2.91. The molecule has 1 heterocycles. The number of nitrogens with two attached hydrogens (primary N) is 1. The molecule has 21 heavy (non-hydrogen) atoms. The number of nitrogens with one attached hydrogen (secondary N) is 1. The number of rotatable bonds is 3. The van der Waals surface area contributed by atoms with Crippen LogP contribution in [0.2, 0.25) is 0 Å². The number of halogens is 1. The van der Waals surface area contributed by atoms with Crippen LogP contribution in [-0.2, 0) is 0 Å². The molecule has 2 atom stereocenters. The molecule has 1 aromatic carbocycles. The van der Waals surface area contributed by atoms with Gasteiger partial charge in [-0.25, -0.2) is 4.39 Å². The number of fused-ring (bicyclic) bond motifs is 1. The predicted octanol–water partition coefficient (Wildman–Crippen LogP) is 3.64. The molecule has 1 amide bonds. The number of hydrogen-bond acceptors (Lipinski definition) is 4. The van der Waals surface area contributed by atoms with Crippen molar-refractivity contribution in [3.8, 4) is 0 Å². The molecule has 0 radical (unpaired) electrons. The second kappa shape index (κ2) is 5.85. The summed E-state index contributed by atoms with van der Waals surface area (Å²) in [7, 11) is 0. The van der Waals surface area contributed by atoms with Gasteiger partial charge in [-0.05, 0) is 31.2 Å². The van der Waals surface area contributed by atoms with Crippen molar-refractivity contribution in [1.29, 1.82) is 0 Å². The Morgan fingerprint density at radius 1 is 1.48 bits per heavy atom. The van der Waals surface area contributed by atoms with Crippen LogP contribution in [0.3, 0.4) is 0 Å². The van der Waals surface area contributed by atoms with E-state index in [1.54, 1.807) is 23.9 Å². The number of nitrogen functional groups attached to an aromatic ring is 1. The van der Waals surface area contributed by atoms with E-state index in [0.717, 1.165) is 19.3 Å². The molecule has 112 valence electrons. The highest BCUT2D eigenvalue weighted by atomic mass is 32.2. The monoisotopic (exact) mass is 324 g/mol. The van der Waals surface area contributed by atoms with E-state index >= 15 is 0 Å². The maximum Gasteiger partial charge on any atom is 0.263 e. The van der Waals surface area contributed by atoms with E-state index in [0.29, 0.717) is 20.2 Å². The quantitative estimate of drug-likeness (QED) is 0.906. The molecule has 1 fully saturated rings. The summed E-state index contributed by atoms with van der Waals surface area (Å²) in [4.78, 5) is 12.9. The van der Waals surface area contributed by atoms with Crippen molar-refractivity contribution in [2.75, 3.05) is 12.0 Å². The number of carbonyl (C=O) groups excluding carboxylic acids is 1. The molecular formula is C15H17FN2OS2. The van der Waals surface area contributed by atoms with Gasteiger partial charge < -0.3 is 11.1 Å². The molecule has 3 nitrogen and oxygen atoms in total. The molecule has 0 bridgehead atoms. The van der Waals surface area contributed by atoms with Crippen LogP contribution in [0.4, 0.5) is 10.1 Å². The summed E-state index contributed by atoms with van der Waals surface area (Å²) >= 11 is 3.04. The molecule has 1 aromatic heterocycles. The van der Waals surface area contributed by atoms with Crippen molar-refractivity contribution >= 4 is 44.8 Å². The van der Waals surface area contributed by atoms with Crippen LogP contribution in [0.15, 0.2) is 18.2 Å². The van der Waals surface area contributed by atoms with Gasteiger partial charge in [0.2, 0.25) is 0 Å². The molecule has 1 aliphatic carbocycles. The first-order chi connectivity index (χ1) is 10.1. The van der Waals surface area contributed by atoms with Crippen molar-refractivity contribution in [2.45, 2.75) is 30.6 Å². The summed E-state index contributed by atoms with van der Waals surface area (Å²) in [6, 6.07) is 4.97. The van der Waals surface area contributed by atoms with E-state index in [9.17, 15) is 9.18 Å². The van der Waals surface area contributed by atoms with Crippen molar-refractivity contribution in [3.63, 3.8) is 0 Å². The summed E-state index contributed by atoms with van der Waals surface area (Å²) in [6.45, 7) is 0. The third kappa shape index (κ3) is 2.62. The normalized spacial score (nSPS) is 21.8. The molecular weight excluding hydrogens is 307 g/mol. The van der Waals surface area contributed by atoms with Gasteiger partial charge in [-0.2, -0.15) is 11.8 Å². The first kappa shape index (κ1) is 14.7. The van der Waals surface area contributed by atoms with Gasteiger partial charge in [-0.15, -0.1) is 11.3 Å². The first-order valence-electron chi connectivity index (χ1n) is 6.92. The van der Waals surface area contributed by atoms with Crippen molar-refractivity contribution < 1.29 is 9.18 Å². The highest BCUT2D eigenvalue weighted by molar-refractivity contribution is 7.99. The van der Waals surface area contributed by atoms with E-state index in [4.69, 9.17) is 5.73 Å². The van der Waals surface area contributed by atoms with Crippen LogP contribution < -0.4 is 11.1 Å². The third-order valence-corrected chi connectivity index (χ3v) is 6.32. The standard InChI is InChI=1S/C15H17FN2OS2/c1-20-10-6-3-5-9(10)18-15(19)14-13(17)12-8(16)4-2-7-11(12)21-14/h2,4,7,9-10H,3,5-6,17H2,1H3,(H,18,19). The Balaban J connectivity index is 1.88. The third-order valence-electron chi connectivity index (χ3n) is 3.98. The fourth-order valence-corrected chi connectivity index (χ4v) is 4.88. The van der Waals surface area contributed by atoms with E-state index in [2.05, 4.69) is 11.6 Å². The van der Waals surface area contributed by atoms with Crippen LogP contribution >= 0.6 is 23.1 Å². The number of benzene rings is 1. The average molecular weight is 324 g/mol. The van der Waals surface area contributed by atoms with Crippen LogP contribution in [0.25, 0.3) is 10.1 Å². The minimum atomic E-state index is -0.372. The summed E-state index contributed by atoms with van der Waals surface area (Å²) in [5.41, 5.74) is 6.24. The molecule has 6 heteroatoms. The van der Waals surface area contributed by atoms with Gasteiger partial charge in [0.05, 0.1) is 11.1 Å². The zero-order valence-electron chi connectivity index (χ0n) is 11.7. The highest BCUT2D eigenvalue weighted by Crippen LogP contribution is 2.36. The Bertz CT molecular complexity index is 686. The highest BCUT2D eigenvalue weighted by Gasteiger charge is 2.29. The minimum absolute atomic E-state index is 0.181. The fraction of sp³-hybridized carbons (Fsp3) is 0.400. The maximum absolute atomic E-state index is 13.8. The zero-order valence-corrected chi connectivity index (χ0v) is 13.3. The number of amides is 1. The van der Waals surface area contributed by atoms with Gasteiger partial charge >= 0.3 is 0 Å². The number of thiophene rings is 1. The second-order valence-corrected chi connectivity index (χ2v) is 7.37. The van der Waals surface area contributed by atoms with Gasteiger partial charge in [0.1, 0.15) is 10.7 Å². The number of anilines is 1. The molecule has 1 aliphatic rings. The van der Waals surface area contributed by atoms with Crippen LogP contribution in [0, 0.1) is 5.82 Å². The summed E-state index contributed by atoms with van der Waals surface area (Å²) < 4.78 is 14.6. The molecule has 1 saturated carbocycles. The van der Waals surface area contributed by atoms with Gasteiger partial charge in [-0.3, -0.25) is 4.79 Å². The number of thioether (sulfide) groups is 1. The van der Waals surface area contributed by atoms with E-state index in [1.165, 1.54) is 17.4 Å². The Morgan fingerprint density at radius 2 is 2.29 bits per heavy atom. The van der Waals surface area contributed by atoms with Gasteiger partial charge in [0, 0.05) is 16.0 Å². The number of carbonyl (C=O) groups is 1. The van der Waals surface area contributed by atoms with E-state index in [1.807, 2.05) is 0 Å². The largest absolute Gasteiger partial charge is 0.397 e. The molecule has 2 aromatic rings. The molecule has 3 rings (SSSR count). The van der Waals surface area contributed by atoms with Crippen LogP contribution in [0.1, 0.15) is 28.9 Å². The SMILES string of the molecule is CSC1CCCC1NC(=O)c1sc2cccc(F)c2c1N. The van der Waals surface area contributed by atoms with Gasteiger partial charge in [0.15, 0.2) is 0 Å². The van der Waals surface area contributed by atoms with Gasteiger partial charge in [-0.1, -0.05) is 12.5 Å². The van der Waals surface area contributed by atoms with E-state index in [-0.39, 0.29) is 23.5 Å². The minimum Gasteiger partial charge on any atom is -0.397 e. The maximum atomic E-state index is 13.8. The zero-order chi connectivity index (χ0) is 15.0. The Labute approximate surface area is 131 Å². The molecule has 2 unspecified atom stereocenters. The Hall–Kier alpha value is -1.27. The lowest BCUT2D eigenvalue weighted by molar-refractivity contribution is 0.0943. The average Bonchev–Trinajstić information content (AvgIpc) is 3.04. The lowest BCUT2D eigenvalue weighted by Gasteiger charge is -2.18. The van der Waals surface area contributed by atoms with Crippen molar-refractivity contribution in [2.24, 2.45) is 0 Å². The summed E-state index contributed by atoms with van der Waals surface area (Å²) in [6.07, 6.45) is 5.32. The molecule has 0 aliphatic heterocycles. The molecule has 3 N–H and O–H groups in total. The lowest BCUT2D eigenvalue weighted by Crippen LogP contribution is -2.38. The second-order valence-electron chi connectivity index (χ2n) is 5.24. The predicted molar refractivity (Wildman–Crippen MR) is 88.6 cm³/mol. The van der Waals surface area contributed by atoms with Crippen molar-refractivity contribution in [3.05, 3.63) is 28.9 Å². The molecule has 0 spiro atoms. The van der Waals surface area contributed by atoms with Crippen molar-refractivity contribution in [1.82, 2.24) is 5.32 Å². The van der Waals surface area contributed by atoms with Gasteiger partial charge in [0.25, 0.3) is 5.91 Å². The topological polar surface area (TPSA) is 55.1 Å². The Kier molecular flexibility index (Phi) is 4.08. The first-order valence-corrected chi connectivity index (χ1v) is 9.02. The smallest absolute Gasteiger partial charge is 0.263 e. The summed E-state index contributed by atoms with van der Waals surface area (Å²) in [5.74, 6) is -0.554. The van der Waals surface area contributed by atoms with Crippen LogP contribution in [0.5, 0.6) is 0 Å².